The molecule has 2 unspecified atom stereocenters. The third kappa shape index (κ3) is 6.42. The molecule has 3 aromatic carbocycles. The molecule has 0 radical (unpaired) electrons. The number of nitrogens with two attached hydrogens (primary N) is 1. The molecule has 37 heavy (non-hydrogen) atoms. The molecule has 1 aliphatic heterocycles. The summed E-state index contributed by atoms with van der Waals surface area (Å²) in [5.74, 6) is -0.708. The number of nitrogens with zero attached hydrogens (tertiary/aromatic N) is 1. The average Bonchev–Trinajstić information content (AvgIpc) is 3.23. The Morgan fingerprint density at radius 3 is 2.30 bits per heavy atom. The molecule has 1 saturated heterocycles. The normalized spacial score (nSPS) is 16.5. The van der Waals surface area contributed by atoms with E-state index in [9.17, 15) is 22.8 Å². The Morgan fingerprint density at radius 2 is 1.68 bits per heavy atom. The van der Waals surface area contributed by atoms with Crippen LogP contribution in [0.1, 0.15) is 22.3 Å². The molecule has 0 saturated carbocycles. The van der Waals surface area contributed by atoms with Crippen molar-refractivity contribution in [2.75, 3.05) is 12.3 Å². The summed E-state index contributed by atoms with van der Waals surface area (Å²) in [5, 5.41) is -0.290. The van der Waals surface area contributed by atoms with Gasteiger partial charge < -0.3 is 15.2 Å². The lowest BCUT2D eigenvalue weighted by Gasteiger charge is -2.26. The number of carbonyl (C=O) groups excluding carboxylic acids is 2. The van der Waals surface area contributed by atoms with E-state index in [-0.39, 0.29) is 30.2 Å². The van der Waals surface area contributed by atoms with Crippen LogP contribution in [0.2, 0.25) is 5.02 Å². The molecule has 1 fully saturated rings. The number of alkyl halides is 3. The van der Waals surface area contributed by atoms with Crippen molar-refractivity contribution in [3.05, 3.63) is 100 Å². The lowest BCUT2D eigenvalue weighted by molar-refractivity contribution is -0.142. The number of imide groups is 1. The zero-order chi connectivity index (χ0) is 26.6. The molecule has 0 aromatic heterocycles. The summed E-state index contributed by atoms with van der Waals surface area (Å²) in [4.78, 5) is 27.2. The highest BCUT2D eigenvalue weighted by Crippen LogP contribution is 2.38. The van der Waals surface area contributed by atoms with E-state index >= 15 is 0 Å². The summed E-state index contributed by atoms with van der Waals surface area (Å²) in [7, 11) is 0. The molecule has 2 atom stereocenters. The van der Waals surface area contributed by atoms with Crippen LogP contribution in [-0.2, 0) is 39.9 Å². The van der Waals surface area contributed by atoms with Crippen LogP contribution >= 0.6 is 11.6 Å². The molecule has 6 nitrogen and oxygen atoms in total. The minimum atomic E-state index is -4.74. The van der Waals surface area contributed by atoms with Crippen LogP contribution in [0.5, 0.6) is 0 Å². The number of hydrogen-bond acceptors (Lipinski definition) is 5. The Morgan fingerprint density at radius 1 is 1.05 bits per heavy atom. The first-order valence-corrected chi connectivity index (χ1v) is 11.9. The highest BCUT2D eigenvalue weighted by atomic mass is 35.5. The van der Waals surface area contributed by atoms with Gasteiger partial charge in [-0.1, -0.05) is 72.3 Å². The smallest absolute Gasteiger partial charge is 0.418 e. The molecule has 10 heteroatoms. The van der Waals surface area contributed by atoms with Gasteiger partial charge in [-0.15, -0.1) is 0 Å². The summed E-state index contributed by atoms with van der Waals surface area (Å²) in [5.41, 5.74) is 5.58. The lowest BCUT2D eigenvalue weighted by atomic mass is 10.0. The standard InChI is InChI=1S/C27H24ClF3N2O4/c28-22-13-19(12-21(24(22)32)27(29,30)31)14-23(36-15-18-9-5-2-6-10-18)25(34)33-20(16-37-26(33)35)11-17-7-3-1-4-8-17/h1-10,12-13,20,23H,11,14-16,32H2. The van der Waals surface area contributed by atoms with Crippen molar-refractivity contribution in [2.24, 2.45) is 0 Å². The van der Waals surface area contributed by atoms with Gasteiger partial charge in [0.1, 0.15) is 12.7 Å². The maximum Gasteiger partial charge on any atom is 0.418 e. The number of rotatable bonds is 8. The van der Waals surface area contributed by atoms with Crippen molar-refractivity contribution in [1.29, 1.82) is 0 Å². The first-order chi connectivity index (χ1) is 17.6. The zero-order valence-electron chi connectivity index (χ0n) is 19.6. The predicted octanol–water partition coefficient (Wildman–Crippen LogP) is 5.66. The summed E-state index contributed by atoms with van der Waals surface area (Å²) < 4.78 is 51.6. The first kappa shape index (κ1) is 26.5. The molecule has 2 amide bonds. The van der Waals surface area contributed by atoms with Crippen molar-refractivity contribution in [3.8, 4) is 0 Å². The maximum atomic E-state index is 13.6. The van der Waals surface area contributed by atoms with Crippen molar-refractivity contribution in [1.82, 2.24) is 4.90 Å². The number of cyclic esters (lactones) is 1. The number of hydrogen-bond donors (Lipinski definition) is 1. The minimum absolute atomic E-state index is 0.00167. The highest BCUT2D eigenvalue weighted by molar-refractivity contribution is 6.33. The SMILES string of the molecule is Nc1c(Cl)cc(CC(OCc2ccccc2)C(=O)N2C(=O)OCC2Cc2ccccc2)cc1C(F)(F)F. The van der Waals surface area contributed by atoms with E-state index in [1.54, 1.807) is 24.3 Å². The van der Waals surface area contributed by atoms with Gasteiger partial charge in [0.05, 0.1) is 28.9 Å². The summed E-state index contributed by atoms with van der Waals surface area (Å²) in [6.07, 6.45) is -6.77. The van der Waals surface area contributed by atoms with Crippen LogP contribution in [0.4, 0.5) is 23.7 Å². The van der Waals surface area contributed by atoms with Gasteiger partial charge in [0.2, 0.25) is 0 Å². The van der Waals surface area contributed by atoms with E-state index in [1.807, 2.05) is 36.4 Å². The fraction of sp³-hybridized carbons (Fsp3) is 0.259. The Balaban J connectivity index is 1.62. The van der Waals surface area contributed by atoms with Gasteiger partial charge in [-0.3, -0.25) is 4.79 Å². The van der Waals surface area contributed by atoms with E-state index < -0.39 is 41.6 Å². The van der Waals surface area contributed by atoms with Crippen molar-refractivity contribution < 1.29 is 32.2 Å². The third-order valence-corrected chi connectivity index (χ3v) is 6.31. The Labute approximate surface area is 216 Å². The Bertz CT molecular complexity index is 1260. The van der Waals surface area contributed by atoms with Crippen LogP contribution < -0.4 is 5.73 Å². The molecular weight excluding hydrogens is 509 g/mol. The number of carbonyl (C=O) groups is 2. The highest BCUT2D eigenvalue weighted by Gasteiger charge is 2.42. The topological polar surface area (TPSA) is 81.9 Å². The van der Waals surface area contributed by atoms with E-state index in [0.29, 0.717) is 6.42 Å². The van der Waals surface area contributed by atoms with E-state index in [1.165, 1.54) is 6.07 Å². The second kappa shape index (κ2) is 11.2. The van der Waals surface area contributed by atoms with Gasteiger partial charge in [-0.25, -0.2) is 9.69 Å². The van der Waals surface area contributed by atoms with E-state index in [4.69, 9.17) is 26.8 Å². The molecule has 4 rings (SSSR count). The van der Waals surface area contributed by atoms with E-state index in [2.05, 4.69) is 0 Å². The molecular formula is C27H24ClF3N2O4. The van der Waals surface area contributed by atoms with Crippen molar-refractivity contribution >= 4 is 29.3 Å². The zero-order valence-corrected chi connectivity index (χ0v) is 20.3. The molecule has 2 N–H and O–H groups in total. The van der Waals surface area contributed by atoms with Gasteiger partial charge in [-0.2, -0.15) is 13.2 Å². The van der Waals surface area contributed by atoms with Crippen LogP contribution in [0.15, 0.2) is 72.8 Å². The minimum Gasteiger partial charge on any atom is -0.447 e. The van der Waals surface area contributed by atoms with E-state index in [0.717, 1.165) is 22.1 Å². The fourth-order valence-electron chi connectivity index (χ4n) is 4.15. The fourth-order valence-corrected chi connectivity index (χ4v) is 4.39. The average molecular weight is 533 g/mol. The van der Waals surface area contributed by atoms with Gasteiger partial charge in [0, 0.05) is 6.42 Å². The van der Waals surface area contributed by atoms with Gasteiger partial charge in [0.15, 0.2) is 0 Å². The number of anilines is 1. The van der Waals surface area contributed by atoms with Gasteiger partial charge >= 0.3 is 12.3 Å². The molecule has 0 spiro atoms. The predicted molar refractivity (Wildman–Crippen MR) is 132 cm³/mol. The quantitative estimate of drug-likeness (QED) is 0.379. The second-order valence-corrected chi connectivity index (χ2v) is 9.06. The second-order valence-electron chi connectivity index (χ2n) is 8.65. The van der Waals surface area contributed by atoms with Crippen LogP contribution in [-0.4, -0.2) is 35.7 Å². The Hall–Kier alpha value is -3.56. The lowest BCUT2D eigenvalue weighted by Crippen LogP contribution is -2.47. The number of amides is 2. The van der Waals surface area contributed by atoms with Gasteiger partial charge in [0.25, 0.3) is 5.91 Å². The number of benzene rings is 3. The summed E-state index contributed by atoms with van der Waals surface area (Å²) >= 11 is 5.99. The molecule has 0 bridgehead atoms. The third-order valence-electron chi connectivity index (χ3n) is 6.00. The molecule has 0 aliphatic carbocycles. The van der Waals surface area contributed by atoms with Crippen LogP contribution in [0, 0.1) is 0 Å². The largest absolute Gasteiger partial charge is 0.447 e. The molecule has 1 aliphatic rings. The Kier molecular flexibility index (Phi) is 8.04. The van der Waals surface area contributed by atoms with Crippen molar-refractivity contribution in [2.45, 2.75) is 37.8 Å². The van der Waals surface area contributed by atoms with Gasteiger partial charge in [-0.05, 0) is 35.2 Å². The first-order valence-electron chi connectivity index (χ1n) is 11.5. The monoisotopic (exact) mass is 532 g/mol. The molecule has 3 aromatic rings. The van der Waals surface area contributed by atoms with Crippen molar-refractivity contribution in [3.63, 3.8) is 0 Å². The molecule has 1 heterocycles. The summed E-state index contributed by atoms with van der Waals surface area (Å²) in [6.45, 7) is -0.00485. The number of halogens is 4. The summed E-state index contributed by atoms with van der Waals surface area (Å²) in [6, 6.07) is 19.7. The maximum absolute atomic E-state index is 13.6. The molecule has 194 valence electrons. The van der Waals surface area contributed by atoms with Crippen LogP contribution in [0.25, 0.3) is 0 Å². The number of nitrogen functional groups attached to an aromatic ring is 1. The number of ether oxygens (including phenoxy) is 2. The van der Waals surface area contributed by atoms with Crippen LogP contribution in [0.3, 0.4) is 0 Å².